The molecule has 0 spiro atoms. The molecule has 0 saturated carbocycles. The highest BCUT2D eigenvalue weighted by atomic mass is 79.9. The molecule has 0 bridgehead atoms. The summed E-state index contributed by atoms with van der Waals surface area (Å²) < 4.78 is 14.4. The molecular formula is C20H20BrN3O4. The van der Waals surface area contributed by atoms with Gasteiger partial charge in [0.2, 0.25) is 0 Å². The third-order valence-corrected chi connectivity index (χ3v) is 5.28. The Kier molecular flexibility index (Phi) is 5.60. The van der Waals surface area contributed by atoms with Gasteiger partial charge in [-0.25, -0.2) is 4.68 Å². The number of hydrogen-bond donors (Lipinski definition) is 1. The maximum absolute atomic E-state index is 12.9. The molecule has 0 fully saturated rings. The Morgan fingerprint density at radius 2 is 1.64 bits per heavy atom. The molecule has 3 rings (SSSR count). The van der Waals surface area contributed by atoms with Crippen LogP contribution in [0.2, 0.25) is 0 Å². The van der Waals surface area contributed by atoms with E-state index in [4.69, 9.17) is 9.47 Å². The predicted molar refractivity (Wildman–Crippen MR) is 111 cm³/mol. The van der Waals surface area contributed by atoms with E-state index < -0.39 is 5.91 Å². The molecule has 0 aliphatic heterocycles. The van der Waals surface area contributed by atoms with Crippen molar-refractivity contribution in [2.45, 2.75) is 6.92 Å². The zero-order valence-corrected chi connectivity index (χ0v) is 17.5. The minimum Gasteiger partial charge on any atom is -0.495 e. The number of aromatic nitrogens is 2. The molecule has 3 aromatic rings. The average molecular weight is 446 g/mol. The SMILES string of the molecule is COc1cc(C(=O)Nc2c(C)n(C)n(-c3ccccc3)c2=O)cc(OC)c1Br. The molecule has 28 heavy (non-hydrogen) atoms. The molecule has 1 heterocycles. The molecule has 0 radical (unpaired) electrons. The molecule has 1 N–H and O–H groups in total. The summed E-state index contributed by atoms with van der Waals surface area (Å²) in [6, 6.07) is 12.4. The summed E-state index contributed by atoms with van der Waals surface area (Å²) in [5.74, 6) is 0.474. The lowest BCUT2D eigenvalue weighted by atomic mass is 10.2. The standard InChI is InChI=1S/C20H20BrN3O4/c1-12-18(20(26)24(23(12)2)14-8-6-5-7-9-14)22-19(25)13-10-15(27-3)17(21)16(11-13)28-4/h5-11H,1-4H3,(H,22,25). The van der Waals surface area contributed by atoms with E-state index in [-0.39, 0.29) is 11.2 Å². The minimum atomic E-state index is -0.435. The molecular weight excluding hydrogens is 426 g/mol. The van der Waals surface area contributed by atoms with Gasteiger partial charge in [0.1, 0.15) is 21.7 Å². The first-order valence-corrected chi connectivity index (χ1v) is 9.25. The summed E-state index contributed by atoms with van der Waals surface area (Å²) in [4.78, 5) is 25.8. The molecule has 0 atom stereocenters. The van der Waals surface area contributed by atoms with Crippen LogP contribution in [0.5, 0.6) is 11.5 Å². The highest BCUT2D eigenvalue weighted by molar-refractivity contribution is 9.10. The highest BCUT2D eigenvalue weighted by Crippen LogP contribution is 2.35. The Bertz CT molecular complexity index is 1060. The average Bonchev–Trinajstić information content (AvgIpc) is 2.92. The normalized spacial score (nSPS) is 10.6. The molecule has 0 unspecified atom stereocenters. The number of benzene rings is 2. The lowest BCUT2D eigenvalue weighted by Gasteiger charge is -2.11. The van der Waals surface area contributed by atoms with Gasteiger partial charge < -0.3 is 14.8 Å². The monoisotopic (exact) mass is 445 g/mol. The molecule has 2 aromatic carbocycles. The van der Waals surface area contributed by atoms with Crippen molar-refractivity contribution in [1.29, 1.82) is 0 Å². The summed E-state index contributed by atoms with van der Waals surface area (Å²) >= 11 is 3.38. The van der Waals surface area contributed by atoms with Gasteiger partial charge in [-0.2, -0.15) is 0 Å². The van der Waals surface area contributed by atoms with Gasteiger partial charge in [-0.05, 0) is 47.1 Å². The fourth-order valence-electron chi connectivity index (χ4n) is 2.90. The van der Waals surface area contributed by atoms with Crippen LogP contribution in [0.25, 0.3) is 5.69 Å². The van der Waals surface area contributed by atoms with Gasteiger partial charge in [-0.15, -0.1) is 0 Å². The second kappa shape index (κ2) is 7.93. The van der Waals surface area contributed by atoms with Crippen molar-refractivity contribution >= 4 is 27.5 Å². The van der Waals surface area contributed by atoms with Crippen LogP contribution >= 0.6 is 15.9 Å². The van der Waals surface area contributed by atoms with E-state index in [0.29, 0.717) is 32.9 Å². The van der Waals surface area contributed by atoms with Crippen molar-refractivity contribution in [3.8, 4) is 17.2 Å². The van der Waals surface area contributed by atoms with Gasteiger partial charge in [0.05, 0.1) is 25.6 Å². The number of nitrogens with zero attached hydrogens (tertiary/aromatic N) is 2. The Hall–Kier alpha value is -3.00. The number of nitrogens with one attached hydrogen (secondary N) is 1. The molecule has 146 valence electrons. The van der Waals surface area contributed by atoms with E-state index in [9.17, 15) is 9.59 Å². The number of para-hydroxylation sites is 1. The Balaban J connectivity index is 2.01. The van der Waals surface area contributed by atoms with E-state index in [1.165, 1.54) is 18.9 Å². The zero-order chi connectivity index (χ0) is 20.4. The molecule has 7 nitrogen and oxygen atoms in total. The second-order valence-electron chi connectivity index (χ2n) is 6.09. The smallest absolute Gasteiger partial charge is 0.295 e. The van der Waals surface area contributed by atoms with Crippen molar-refractivity contribution in [2.24, 2.45) is 7.05 Å². The predicted octanol–water partition coefficient (Wildman–Crippen LogP) is 3.52. The number of anilines is 1. The number of carbonyl (C=O) groups excluding carboxylic acids is 1. The topological polar surface area (TPSA) is 74.5 Å². The van der Waals surface area contributed by atoms with Crippen LogP contribution in [0.4, 0.5) is 5.69 Å². The van der Waals surface area contributed by atoms with Gasteiger partial charge in [0.15, 0.2) is 0 Å². The number of methoxy groups -OCH3 is 2. The lowest BCUT2D eigenvalue weighted by Crippen LogP contribution is -2.23. The molecule has 1 amide bonds. The summed E-state index contributed by atoms with van der Waals surface area (Å²) in [6.07, 6.45) is 0. The van der Waals surface area contributed by atoms with Crippen LogP contribution in [0, 0.1) is 6.92 Å². The van der Waals surface area contributed by atoms with Crippen molar-refractivity contribution in [3.63, 3.8) is 0 Å². The fourth-order valence-corrected chi connectivity index (χ4v) is 3.45. The number of ether oxygens (including phenoxy) is 2. The van der Waals surface area contributed by atoms with Crippen molar-refractivity contribution < 1.29 is 14.3 Å². The van der Waals surface area contributed by atoms with Crippen LogP contribution < -0.4 is 20.3 Å². The summed E-state index contributed by atoms with van der Waals surface area (Å²) in [6.45, 7) is 1.78. The zero-order valence-electron chi connectivity index (χ0n) is 15.9. The second-order valence-corrected chi connectivity index (χ2v) is 6.88. The summed E-state index contributed by atoms with van der Waals surface area (Å²) in [5, 5.41) is 2.73. The molecule has 1 aromatic heterocycles. The first-order chi connectivity index (χ1) is 13.4. The van der Waals surface area contributed by atoms with Crippen LogP contribution in [-0.4, -0.2) is 29.5 Å². The fraction of sp³-hybridized carbons (Fsp3) is 0.200. The number of halogens is 1. The molecule has 8 heteroatoms. The van der Waals surface area contributed by atoms with Gasteiger partial charge in [0, 0.05) is 12.6 Å². The first kappa shape index (κ1) is 19.8. The van der Waals surface area contributed by atoms with E-state index in [1.54, 1.807) is 30.8 Å². The Labute approximate surface area is 170 Å². The third kappa shape index (κ3) is 3.43. The largest absolute Gasteiger partial charge is 0.495 e. The maximum Gasteiger partial charge on any atom is 0.295 e. The van der Waals surface area contributed by atoms with Gasteiger partial charge >= 0.3 is 0 Å². The number of hydrogen-bond acceptors (Lipinski definition) is 4. The summed E-state index contributed by atoms with van der Waals surface area (Å²) in [5.41, 5.74) is 1.57. The number of amides is 1. The quantitative estimate of drug-likeness (QED) is 0.651. The van der Waals surface area contributed by atoms with E-state index in [2.05, 4.69) is 21.2 Å². The van der Waals surface area contributed by atoms with Gasteiger partial charge in [-0.1, -0.05) is 18.2 Å². The maximum atomic E-state index is 12.9. The van der Waals surface area contributed by atoms with Crippen LogP contribution in [0.3, 0.4) is 0 Å². The first-order valence-electron chi connectivity index (χ1n) is 8.46. The van der Waals surface area contributed by atoms with E-state index in [0.717, 1.165) is 0 Å². The lowest BCUT2D eigenvalue weighted by molar-refractivity contribution is 0.102. The van der Waals surface area contributed by atoms with Gasteiger partial charge in [-0.3, -0.25) is 14.3 Å². The van der Waals surface area contributed by atoms with Crippen LogP contribution in [0.1, 0.15) is 16.1 Å². The van der Waals surface area contributed by atoms with Crippen LogP contribution in [-0.2, 0) is 7.05 Å². The van der Waals surface area contributed by atoms with Crippen molar-refractivity contribution in [1.82, 2.24) is 9.36 Å². The minimum absolute atomic E-state index is 0.220. The molecule has 0 aliphatic rings. The van der Waals surface area contributed by atoms with Crippen LogP contribution in [0.15, 0.2) is 51.7 Å². The molecule has 0 saturated heterocycles. The number of rotatable bonds is 5. The molecule has 0 aliphatic carbocycles. The van der Waals surface area contributed by atoms with Crippen molar-refractivity contribution in [2.75, 3.05) is 19.5 Å². The van der Waals surface area contributed by atoms with Crippen molar-refractivity contribution in [3.05, 3.63) is 68.5 Å². The Morgan fingerprint density at radius 1 is 1.07 bits per heavy atom. The van der Waals surface area contributed by atoms with E-state index in [1.807, 2.05) is 30.3 Å². The Morgan fingerprint density at radius 3 is 2.18 bits per heavy atom. The summed E-state index contributed by atoms with van der Waals surface area (Å²) in [7, 11) is 4.77. The van der Waals surface area contributed by atoms with E-state index >= 15 is 0 Å². The number of carbonyl (C=O) groups is 1. The highest BCUT2D eigenvalue weighted by Gasteiger charge is 2.20. The third-order valence-electron chi connectivity index (χ3n) is 4.50. The van der Waals surface area contributed by atoms with Gasteiger partial charge in [0.25, 0.3) is 11.5 Å².